The van der Waals surface area contributed by atoms with E-state index in [4.69, 9.17) is 10.5 Å². The molecule has 0 atom stereocenters. The van der Waals surface area contributed by atoms with Crippen LogP contribution >= 0.6 is 0 Å². The maximum Gasteiger partial charge on any atom is 0.196 e. The first-order valence-corrected chi connectivity index (χ1v) is 6.50. The summed E-state index contributed by atoms with van der Waals surface area (Å²) < 4.78 is 5.41. The highest BCUT2D eigenvalue weighted by molar-refractivity contribution is 6.11. The van der Waals surface area contributed by atoms with Crippen molar-refractivity contribution in [3.63, 3.8) is 0 Å². The lowest BCUT2D eigenvalue weighted by Crippen LogP contribution is -2.06. The van der Waals surface area contributed by atoms with Crippen molar-refractivity contribution < 1.29 is 9.53 Å². The van der Waals surface area contributed by atoms with Crippen LogP contribution in [0, 0.1) is 20.8 Å². The fourth-order valence-electron chi connectivity index (χ4n) is 2.20. The predicted octanol–water partition coefficient (Wildman–Crippen LogP) is 3.43. The molecule has 0 radical (unpaired) electrons. The number of carbonyl (C=O) groups excluding carboxylic acids is 1. The second-order valence-electron chi connectivity index (χ2n) is 4.99. The van der Waals surface area contributed by atoms with Gasteiger partial charge in [0.15, 0.2) is 5.78 Å². The number of hydrogen-bond acceptors (Lipinski definition) is 3. The van der Waals surface area contributed by atoms with Gasteiger partial charge in [0, 0.05) is 11.3 Å². The van der Waals surface area contributed by atoms with Crippen LogP contribution in [0.3, 0.4) is 0 Å². The zero-order valence-electron chi connectivity index (χ0n) is 12.3. The molecule has 0 aromatic heterocycles. The van der Waals surface area contributed by atoms with Crippen LogP contribution in [0.5, 0.6) is 5.75 Å². The maximum absolute atomic E-state index is 12.6. The number of ketones is 1. The van der Waals surface area contributed by atoms with Gasteiger partial charge in [0.25, 0.3) is 0 Å². The molecule has 3 heteroatoms. The van der Waals surface area contributed by atoms with Crippen LogP contribution in [0.4, 0.5) is 5.69 Å². The van der Waals surface area contributed by atoms with Gasteiger partial charge in [-0.2, -0.15) is 0 Å². The zero-order chi connectivity index (χ0) is 14.9. The van der Waals surface area contributed by atoms with Gasteiger partial charge in [0.2, 0.25) is 0 Å². The van der Waals surface area contributed by atoms with Gasteiger partial charge in [-0.15, -0.1) is 0 Å². The summed E-state index contributed by atoms with van der Waals surface area (Å²) in [7, 11) is 1.59. The molecule has 3 nitrogen and oxygen atoms in total. The van der Waals surface area contributed by atoms with Crippen molar-refractivity contribution in [3.8, 4) is 5.75 Å². The summed E-state index contributed by atoms with van der Waals surface area (Å²) in [5.74, 6) is 0.595. The molecular formula is C17H19NO2. The second-order valence-corrected chi connectivity index (χ2v) is 4.99. The number of nitrogen functional groups attached to an aromatic ring is 1. The molecule has 0 unspecified atom stereocenters. The van der Waals surface area contributed by atoms with Crippen LogP contribution in [0.1, 0.15) is 32.6 Å². The van der Waals surface area contributed by atoms with Crippen LogP contribution in [0.25, 0.3) is 0 Å². The first-order valence-electron chi connectivity index (χ1n) is 6.50. The standard InChI is InChI=1S/C17H19NO2/c1-10-5-7-14(17(20-4)12(10)3)16(19)13-6-8-15(18)11(2)9-13/h5-9H,18H2,1-4H3. The van der Waals surface area contributed by atoms with Gasteiger partial charge in [-0.25, -0.2) is 0 Å². The number of carbonyl (C=O) groups is 1. The van der Waals surface area contributed by atoms with Crippen LogP contribution in [0.15, 0.2) is 30.3 Å². The molecule has 2 N–H and O–H groups in total. The fourth-order valence-corrected chi connectivity index (χ4v) is 2.20. The Labute approximate surface area is 119 Å². The molecule has 2 rings (SSSR count). The number of anilines is 1. The van der Waals surface area contributed by atoms with Crippen molar-refractivity contribution in [2.24, 2.45) is 0 Å². The molecule has 2 aromatic rings. The molecule has 0 saturated heterocycles. The van der Waals surface area contributed by atoms with Gasteiger partial charge in [0.1, 0.15) is 5.75 Å². The molecule has 0 aliphatic heterocycles. The smallest absolute Gasteiger partial charge is 0.196 e. The van der Waals surface area contributed by atoms with E-state index in [0.717, 1.165) is 16.7 Å². The number of aryl methyl sites for hydroxylation is 2. The van der Waals surface area contributed by atoms with Gasteiger partial charge in [-0.05, 0) is 61.7 Å². The lowest BCUT2D eigenvalue weighted by Gasteiger charge is -2.13. The number of methoxy groups -OCH3 is 1. The molecule has 104 valence electrons. The van der Waals surface area contributed by atoms with E-state index in [1.54, 1.807) is 19.2 Å². The Kier molecular flexibility index (Phi) is 3.79. The first-order chi connectivity index (χ1) is 9.45. The van der Waals surface area contributed by atoms with Crippen molar-refractivity contribution in [1.29, 1.82) is 0 Å². The Balaban J connectivity index is 2.53. The number of hydrogen-bond donors (Lipinski definition) is 1. The average Bonchev–Trinajstić information content (AvgIpc) is 2.44. The van der Waals surface area contributed by atoms with Crippen LogP contribution in [-0.2, 0) is 0 Å². The number of rotatable bonds is 3. The minimum atomic E-state index is -0.0481. The minimum Gasteiger partial charge on any atom is -0.496 e. The summed E-state index contributed by atoms with van der Waals surface area (Å²) in [5, 5.41) is 0. The lowest BCUT2D eigenvalue weighted by molar-refractivity contribution is 0.103. The summed E-state index contributed by atoms with van der Waals surface area (Å²) in [6, 6.07) is 9.08. The van der Waals surface area contributed by atoms with E-state index in [-0.39, 0.29) is 5.78 Å². The summed E-state index contributed by atoms with van der Waals surface area (Å²) in [5.41, 5.74) is 10.7. The van der Waals surface area contributed by atoms with Crippen molar-refractivity contribution in [1.82, 2.24) is 0 Å². The quantitative estimate of drug-likeness (QED) is 0.686. The van der Waals surface area contributed by atoms with E-state index in [1.165, 1.54) is 0 Å². The van der Waals surface area contributed by atoms with Gasteiger partial charge in [0.05, 0.1) is 12.7 Å². The van der Waals surface area contributed by atoms with Crippen LogP contribution < -0.4 is 10.5 Å². The highest BCUT2D eigenvalue weighted by Gasteiger charge is 2.17. The van der Waals surface area contributed by atoms with Gasteiger partial charge < -0.3 is 10.5 Å². The van der Waals surface area contributed by atoms with Crippen molar-refractivity contribution >= 4 is 11.5 Å². The Morgan fingerprint density at radius 2 is 1.75 bits per heavy atom. The van der Waals surface area contributed by atoms with E-state index < -0.39 is 0 Å². The monoisotopic (exact) mass is 269 g/mol. The first kappa shape index (κ1) is 14.1. The Morgan fingerprint density at radius 1 is 1.05 bits per heavy atom. The second kappa shape index (κ2) is 5.37. The van der Waals surface area contributed by atoms with E-state index >= 15 is 0 Å². The van der Waals surface area contributed by atoms with E-state index in [0.29, 0.717) is 22.6 Å². The van der Waals surface area contributed by atoms with Gasteiger partial charge in [-0.1, -0.05) is 6.07 Å². The molecule has 0 heterocycles. The number of ether oxygens (including phenoxy) is 1. The molecule has 0 fully saturated rings. The normalized spacial score (nSPS) is 10.4. The Bertz CT molecular complexity index is 675. The van der Waals surface area contributed by atoms with E-state index in [9.17, 15) is 4.79 Å². The SMILES string of the molecule is COc1c(C(=O)c2ccc(N)c(C)c2)ccc(C)c1C. The summed E-state index contributed by atoms with van der Waals surface area (Å²) >= 11 is 0. The van der Waals surface area contributed by atoms with Crippen molar-refractivity contribution in [2.75, 3.05) is 12.8 Å². The van der Waals surface area contributed by atoms with E-state index in [1.807, 2.05) is 39.0 Å². The molecule has 20 heavy (non-hydrogen) atoms. The molecule has 0 saturated carbocycles. The molecule has 0 spiro atoms. The fraction of sp³-hybridized carbons (Fsp3) is 0.235. The molecule has 0 aliphatic rings. The van der Waals surface area contributed by atoms with Crippen molar-refractivity contribution in [2.45, 2.75) is 20.8 Å². The third-order valence-electron chi connectivity index (χ3n) is 3.66. The highest BCUT2D eigenvalue weighted by atomic mass is 16.5. The predicted molar refractivity (Wildman–Crippen MR) is 81.5 cm³/mol. The van der Waals surface area contributed by atoms with Crippen LogP contribution in [0.2, 0.25) is 0 Å². The molecule has 0 amide bonds. The molecular weight excluding hydrogens is 250 g/mol. The van der Waals surface area contributed by atoms with E-state index in [2.05, 4.69) is 0 Å². The molecule has 2 aromatic carbocycles. The Morgan fingerprint density at radius 3 is 2.35 bits per heavy atom. The Hall–Kier alpha value is -2.29. The largest absolute Gasteiger partial charge is 0.496 e. The third-order valence-corrected chi connectivity index (χ3v) is 3.66. The summed E-state index contributed by atoms with van der Waals surface area (Å²) in [6.45, 7) is 5.85. The topological polar surface area (TPSA) is 52.3 Å². The lowest BCUT2D eigenvalue weighted by atomic mass is 9.96. The third kappa shape index (κ3) is 2.39. The number of nitrogens with two attached hydrogens (primary N) is 1. The van der Waals surface area contributed by atoms with Gasteiger partial charge in [-0.3, -0.25) is 4.79 Å². The summed E-state index contributed by atoms with van der Waals surface area (Å²) in [6.07, 6.45) is 0. The van der Waals surface area contributed by atoms with Crippen molar-refractivity contribution in [3.05, 3.63) is 58.1 Å². The maximum atomic E-state index is 12.6. The molecule has 0 bridgehead atoms. The minimum absolute atomic E-state index is 0.0481. The number of benzene rings is 2. The van der Waals surface area contributed by atoms with Gasteiger partial charge >= 0.3 is 0 Å². The average molecular weight is 269 g/mol. The highest BCUT2D eigenvalue weighted by Crippen LogP contribution is 2.28. The molecule has 0 aliphatic carbocycles. The van der Waals surface area contributed by atoms with Crippen LogP contribution in [-0.4, -0.2) is 12.9 Å². The zero-order valence-corrected chi connectivity index (χ0v) is 12.3. The summed E-state index contributed by atoms with van der Waals surface area (Å²) in [4.78, 5) is 12.6.